The third-order valence-electron chi connectivity index (χ3n) is 5.44. The van der Waals surface area contributed by atoms with E-state index in [0.717, 1.165) is 36.4 Å². The van der Waals surface area contributed by atoms with Crippen LogP contribution in [0.15, 0.2) is 48.5 Å². The number of nitrogens with one attached hydrogen (secondary N) is 1. The molecule has 7 heteroatoms. The number of carbonyl (C=O) groups is 2. The second-order valence-corrected chi connectivity index (χ2v) is 7.36. The minimum Gasteiger partial charge on any atom is -0.447 e. The second kappa shape index (κ2) is 8.43. The molecule has 0 saturated carbocycles. The average molecular weight is 394 g/mol. The highest BCUT2D eigenvalue weighted by Gasteiger charge is 2.25. The van der Waals surface area contributed by atoms with Gasteiger partial charge in [0, 0.05) is 43.2 Å². The summed E-state index contributed by atoms with van der Waals surface area (Å²) in [6.07, 6.45) is 0.570. The van der Waals surface area contributed by atoms with Gasteiger partial charge in [0.05, 0.1) is 6.54 Å². The fourth-order valence-corrected chi connectivity index (χ4v) is 3.75. The molecule has 0 radical (unpaired) electrons. The smallest absolute Gasteiger partial charge is 0.414 e. The van der Waals surface area contributed by atoms with Crippen LogP contribution in [-0.2, 0) is 4.74 Å². The van der Waals surface area contributed by atoms with E-state index in [4.69, 9.17) is 4.74 Å². The molecule has 0 aromatic heterocycles. The summed E-state index contributed by atoms with van der Waals surface area (Å²) in [7, 11) is 0. The minimum absolute atomic E-state index is 0.107. The largest absolute Gasteiger partial charge is 0.447 e. The molecule has 29 heavy (non-hydrogen) atoms. The Morgan fingerprint density at radius 2 is 1.79 bits per heavy atom. The van der Waals surface area contributed by atoms with Crippen LogP contribution in [0.25, 0.3) is 0 Å². The van der Waals surface area contributed by atoms with E-state index >= 15 is 0 Å². The van der Waals surface area contributed by atoms with Crippen molar-refractivity contribution in [1.82, 2.24) is 4.90 Å². The van der Waals surface area contributed by atoms with Crippen LogP contribution in [0.1, 0.15) is 12.0 Å². The number of rotatable bonds is 3. The summed E-state index contributed by atoms with van der Waals surface area (Å²) in [5, 5.41) is 3.03. The first-order valence-electron chi connectivity index (χ1n) is 10.0. The number of cyclic esters (lactones) is 1. The first-order valence-corrected chi connectivity index (χ1v) is 10.0. The number of hydrogen-bond donors (Lipinski definition) is 1. The molecule has 0 unspecified atom stereocenters. The maximum absolute atomic E-state index is 12.9. The number of ether oxygens (including phenoxy) is 1. The maximum Gasteiger partial charge on any atom is 0.414 e. The number of benzene rings is 2. The molecule has 0 aliphatic carbocycles. The van der Waals surface area contributed by atoms with E-state index in [2.05, 4.69) is 22.3 Å². The van der Waals surface area contributed by atoms with Crippen LogP contribution in [0.4, 0.5) is 26.7 Å². The molecule has 1 N–H and O–H groups in total. The van der Waals surface area contributed by atoms with Crippen molar-refractivity contribution in [2.24, 2.45) is 0 Å². The average Bonchev–Trinajstić information content (AvgIpc) is 3.01. The van der Waals surface area contributed by atoms with Crippen LogP contribution < -0.4 is 15.1 Å². The topological polar surface area (TPSA) is 65.1 Å². The van der Waals surface area contributed by atoms with Crippen molar-refractivity contribution in [2.45, 2.75) is 13.3 Å². The summed E-state index contributed by atoms with van der Waals surface area (Å²) in [4.78, 5) is 30.5. The Hall–Kier alpha value is -3.22. The molecule has 2 aliphatic heterocycles. The van der Waals surface area contributed by atoms with Crippen molar-refractivity contribution in [1.29, 1.82) is 0 Å². The van der Waals surface area contributed by atoms with Crippen LogP contribution in [-0.4, -0.2) is 56.4 Å². The van der Waals surface area contributed by atoms with Crippen molar-refractivity contribution in [3.8, 4) is 0 Å². The number of anilines is 3. The highest BCUT2D eigenvalue weighted by Crippen LogP contribution is 2.26. The molecule has 152 valence electrons. The van der Waals surface area contributed by atoms with Crippen molar-refractivity contribution in [3.05, 3.63) is 54.1 Å². The van der Waals surface area contributed by atoms with Gasteiger partial charge >= 0.3 is 12.1 Å². The number of para-hydroxylation sites is 1. The molecule has 7 nitrogen and oxygen atoms in total. The molecule has 4 rings (SSSR count). The Morgan fingerprint density at radius 3 is 2.55 bits per heavy atom. The van der Waals surface area contributed by atoms with Crippen molar-refractivity contribution in [2.75, 3.05) is 54.4 Å². The molecular weight excluding hydrogens is 368 g/mol. The molecule has 0 atom stereocenters. The summed E-state index contributed by atoms with van der Waals surface area (Å²) in [5.41, 5.74) is 3.60. The van der Waals surface area contributed by atoms with Gasteiger partial charge in [0.2, 0.25) is 0 Å². The molecule has 0 spiro atoms. The Bertz CT molecular complexity index is 887. The van der Waals surface area contributed by atoms with Crippen molar-refractivity contribution >= 4 is 29.2 Å². The second-order valence-electron chi connectivity index (χ2n) is 7.36. The number of aryl methyl sites for hydroxylation is 1. The van der Waals surface area contributed by atoms with Crippen LogP contribution >= 0.6 is 0 Å². The Kier molecular flexibility index (Phi) is 5.55. The lowest BCUT2D eigenvalue weighted by Gasteiger charge is -2.24. The van der Waals surface area contributed by atoms with Gasteiger partial charge < -0.3 is 19.9 Å². The van der Waals surface area contributed by atoms with E-state index in [-0.39, 0.29) is 12.1 Å². The van der Waals surface area contributed by atoms with E-state index in [9.17, 15) is 9.59 Å². The van der Waals surface area contributed by atoms with Gasteiger partial charge in [-0.15, -0.1) is 0 Å². The van der Waals surface area contributed by atoms with Gasteiger partial charge in [-0.05, 0) is 43.2 Å². The van der Waals surface area contributed by atoms with E-state index in [1.807, 2.05) is 48.2 Å². The summed E-state index contributed by atoms with van der Waals surface area (Å²) in [5.74, 6) is 0. The highest BCUT2D eigenvalue weighted by molar-refractivity contribution is 5.93. The zero-order valence-electron chi connectivity index (χ0n) is 16.6. The van der Waals surface area contributed by atoms with Gasteiger partial charge in [-0.25, -0.2) is 9.59 Å². The summed E-state index contributed by atoms with van der Waals surface area (Å²) < 4.78 is 5.01. The standard InChI is InChI=1S/C22H26N4O3/c1-17-8-9-19(26-14-15-29-22(26)28)16-20(17)23-21(27)25-11-5-10-24(12-13-25)18-6-3-2-4-7-18/h2-4,6-9,16H,5,10-15H2,1H3,(H,23,27). The third-order valence-corrected chi connectivity index (χ3v) is 5.44. The molecule has 2 aromatic carbocycles. The van der Waals surface area contributed by atoms with Crippen LogP contribution in [0, 0.1) is 6.92 Å². The van der Waals surface area contributed by atoms with E-state index in [1.54, 1.807) is 4.90 Å². The Balaban J connectivity index is 1.42. The van der Waals surface area contributed by atoms with Gasteiger partial charge in [-0.2, -0.15) is 0 Å². The molecule has 2 aliphatic rings. The van der Waals surface area contributed by atoms with Gasteiger partial charge in [0.15, 0.2) is 0 Å². The van der Waals surface area contributed by atoms with Gasteiger partial charge in [0.1, 0.15) is 6.61 Å². The number of carbonyl (C=O) groups excluding carboxylic acids is 2. The van der Waals surface area contributed by atoms with E-state index in [1.165, 1.54) is 5.69 Å². The monoisotopic (exact) mass is 394 g/mol. The van der Waals surface area contributed by atoms with Crippen LogP contribution in [0.2, 0.25) is 0 Å². The lowest BCUT2D eigenvalue weighted by atomic mass is 10.1. The minimum atomic E-state index is -0.348. The molecular formula is C22H26N4O3. The van der Waals surface area contributed by atoms with Crippen LogP contribution in [0.3, 0.4) is 0 Å². The predicted octanol–water partition coefficient (Wildman–Crippen LogP) is 3.70. The number of hydrogen-bond acceptors (Lipinski definition) is 4. The molecule has 2 fully saturated rings. The Labute approximate surface area is 170 Å². The number of urea groups is 1. The van der Waals surface area contributed by atoms with Crippen molar-refractivity contribution < 1.29 is 14.3 Å². The summed E-state index contributed by atoms with van der Waals surface area (Å²) in [6, 6.07) is 15.8. The fraction of sp³-hybridized carbons (Fsp3) is 0.364. The SMILES string of the molecule is Cc1ccc(N2CCOC2=O)cc1NC(=O)N1CCCN(c2ccccc2)CC1. The van der Waals surface area contributed by atoms with E-state index in [0.29, 0.717) is 26.2 Å². The lowest BCUT2D eigenvalue weighted by Crippen LogP contribution is -2.38. The molecule has 3 amide bonds. The third kappa shape index (κ3) is 4.29. The van der Waals surface area contributed by atoms with Gasteiger partial charge in [-0.1, -0.05) is 24.3 Å². The van der Waals surface area contributed by atoms with Crippen LogP contribution in [0.5, 0.6) is 0 Å². The fourth-order valence-electron chi connectivity index (χ4n) is 3.75. The maximum atomic E-state index is 12.9. The first kappa shape index (κ1) is 19.1. The normalized spacial score (nSPS) is 17.1. The zero-order chi connectivity index (χ0) is 20.2. The summed E-state index contributed by atoms with van der Waals surface area (Å²) in [6.45, 7) is 5.97. The summed E-state index contributed by atoms with van der Waals surface area (Å²) >= 11 is 0. The molecule has 2 saturated heterocycles. The van der Waals surface area contributed by atoms with Gasteiger partial charge in [0.25, 0.3) is 0 Å². The molecule has 0 bridgehead atoms. The quantitative estimate of drug-likeness (QED) is 0.862. The number of nitrogens with zero attached hydrogens (tertiary/aromatic N) is 3. The van der Waals surface area contributed by atoms with E-state index < -0.39 is 0 Å². The Morgan fingerprint density at radius 1 is 0.966 bits per heavy atom. The highest BCUT2D eigenvalue weighted by atomic mass is 16.6. The van der Waals surface area contributed by atoms with Gasteiger partial charge in [-0.3, -0.25) is 4.90 Å². The number of amides is 3. The van der Waals surface area contributed by atoms with Crippen molar-refractivity contribution in [3.63, 3.8) is 0 Å². The molecule has 2 heterocycles. The molecule has 2 aromatic rings. The first-order chi connectivity index (χ1) is 14.1. The lowest BCUT2D eigenvalue weighted by molar-refractivity contribution is 0.181. The predicted molar refractivity (Wildman–Crippen MR) is 114 cm³/mol. The zero-order valence-corrected chi connectivity index (χ0v) is 16.6.